The molecule has 1 amide bonds. The smallest absolute Gasteiger partial charge is 0.260 e. The van der Waals surface area contributed by atoms with Crippen LogP contribution in [0, 0.1) is 6.92 Å². The molecular weight excluding hydrogens is 340 g/mol. The Balaban J connectivity index is 2.22. The van der Waals surface area contributed by atoms with Crippen LogP contribution in [0.1, 0.15) is 22.8 Å². The van der Waals surface area contributed by atoms with Gasteiger partial charge >= 0.3 is 0 Å². The van der Waals surface area contributed by atoms with Gasteiger partial charge in [-0.25, -0.2) is 0 Å². The van der Waals surface area contributed by atoms with Gasteiger partial charge in [0, 0.05) is 32.0 Å². The van der Waals surface area contributed by atoms with Crippen LogP contribution in [-0.4, -0.2) is 37.4 Å². The topological polar surface area (TPSA) is 51.7 Å². The Morgan fingerprint density at radius 1 is 1.04 bits per heavy atom. The Morgan fingerprint density at radius 2 is 1.78 bits per heavy atom. The number of aryl methyl sites for hydroxylation is 1. The molecule has 27 heavy (non-hydrogen) atoms. The molecule has 3 aromatic rings. The fourth-order valence-corrected chi connectivity index (χ4v) is 3.41. The first kappa shape index (κ1) is 19.0. The molecule has 140 valence electrons. The Kier molecular flexibility index (Phi) is 5.84. The standard InChI is InChI=1S/C22H24N2O3/c1-15-11-12-17-8-5-6-10-19(17)20(15)24(16(2)22(26-3)27-4)21(25)18-9-7-13-23-14-18/h5-14,16,22H,1-4H3. The lowest BCUT2D eigenvalue weighted by molar-refractivity contribution is -0.113. The van der Waals surface area contributed by atoms with E-state index in [9.17, 15) is 4.79 Å². The van der Waals surface area contributed by atoms with Gasteiger partial charge in [0.15, 0.2) is 6.29 Å². The minimum Gasteiger partial charge on any atom is -0.354 e. The van der Waals surface area contributed by atoms with Gasteiger partial charge in [-0.05, 0) is 36.9 Å². The van der Waals surface area contributed by atoms with Crippen LogP contribution in [0.5, 0.6) is 0 Å². The van der Waals surface area contributed by atoms with E-state index in [4.69, 9.17) is 9.47 Å². The highest BCUT2D eigenvalue weighted by Crippen LogP contribution is 2.34. The maximum absolute atomic E-state index is 13.5. The molecule has 0 bridgehead atoms. The van der Waals surface area contributed by atoms with Gasteiger partial charge in [0.1, 0.15) is 0 Å². The normalized spacial score (nSPS) is 12.3. The van der Waals surface area contributed by atoms with Crippen molar-refractivity contribution in [1.29, 1.82) is 0 Å². The number of pyridine rings is 1. The molecule has 3 rings (SSSR count). The highest BCUT2D eigenvalue weighted by Gasteiger charge is 2.31. The first-order valence-corrected chi connectivity index (χ1v) is 8.86. The minimum atomic E-state index is -0.566. The summed E-state index contributed by atoms with van der Waals surface area (Å²) in [6.45, 7) is 3.93. The van der Waals surface area contributed by atoms with E-state index in [1.807, 2.05) is 44.2 Å². The summed E-state index contributed by atoms with van der Waals surface area (Å²) in [6, 6.07) is 15.3. The predicted octanol–water partition coefficient (Wildman–Crippen LogP) is 4.20. The molecular formula is C22H24N2O3. The summed E-state index contributed by atoms with van der Waals surface area (Å²) in [7, 11) is 3.15. The lowest BCUT2D eigenvalue weighted by Crippen LogP contribution is -2.47. The summed E-state index contributed by atoms with van der Waals surface area (Å²) in [5.74, 6) is -0.144. The van der Waals surface area contributed by atoms with Crippen LogP contribution in [0.15, 0.2) is 60.9 Å². The molecule has 0 saturated carbocycles. The number of fused-ring (bicyclic) bond motifs is 1. The SMILES string of the molecule is COC(OC)C(C)N(C(=O)c1cccnc1)c1c(C)ccc2ccccc12. The summed E-state index contributed by atoms with van der Waals surface area (Å²) < 4.78 is 10.9. The number of hydrogen-bond acceptors (Lipinski definition) is 4. The molecule has 0 N–H and O–H groups in total. The molecule has 5 nitrogen and oxygen atoms in total. The number of nitrogens with zero attached hydrogens (tertiary/aromatic N) is 2. The second-order valence-electron chi connectivity index (χ2n) is 6.45. The van der Waals surface area contributed by atoms with Gasteiger partial charge < -0.3 is 9.47 Å². The number of carbonyl (C=O) groups is 1. The number of amides is 1. The van der Waals surface area contributed by atoms with Crippen LogP contribution in [0.4, 0.5) is 5.69 Å². The van der Waals surface area contributed by atoms with E-state index in [0.717, 1.165) is 22.0 Å². The average molecular weight is 364 g/mol. The number of rotatable bonds is 6. The molecule has 0 fully saturated rings. The van der Waals surface area contributed by atoms with Crippen LogP contribution >= 0.6 is 0 Å². The van der Waals surface area contributed by atoms with Crippen molar-refractivity contribution in [2.24, 2.45) is 0 Å². The van der Waals surface area contributed by atoms with Gasteiger partial charge in [0.25, 0.3) is 5.91 Å². The monoisotopic (exact) mass is 364 g/mol. The quantitative estimate of drug-likeness (QED) is 0.615. The first-order chi connectivity index (χ1) is 13.1. The molecule has 1 unspecified atom stereocenters. The van der Waals surface area contributed by atoms with Gasteiger partial charge in [0.05, 0.1) is 17.3 Å². The number of aromatic nitrogens is 1. The van der Waals surface area contributed by atoms with E-state index in [1.165, 1.54) is 0 Å². The Labute approximate surface area is 159 Å². The van der Waals surface area contributed by atoms with Crippen molar-refractivity contribution in [1.82, 2.24) is 4.98 Å². The fourth-order valence-electron chi connectivity index (χ4n) is 3.41. The molecule has 0 aliphatic heterocycles. The Morgan fingerprint density at radius 3 is 2.44 bits per heavy atom. The van der Waals surface area contributed by atoms with Crippen LogP contribution in [0.3, 0.4) is 0 Å². The Bertz CT molecular complexity index is 923. The summed E-state index contributed by atoms with van der Waals surface area (Å²) in [5, 5.41) is 2.08. The maximum Gasteiger partial charge on any atom is 0.260 e. The van der Waals surface area contributed by atoms with E-state index in [2.05, 4.69) is 11.1 Å². The number of carbonyl (C=O) groups excluding carboxylic acids is 1. The van der Waals surface area contributed by atoms with Crippen molar-refractivity contribution in [3.8, 4) is 0 Å². The van der Waals surface area contributed by atoms with Crippen LogP contribution in [0.2, 0.25) is 0 Å². The van der Waals surface area contributed by atoms with Crippen molar-refractivity contribution in [2.75, 3.05) is 19.1 Å². The van der Waals surface area contributed by atoms with Gasteiger partial charge in [-0.3, -0.25) is 14.7 Å². The number of hydrogen-bond donors (Lipinski definition) is 0. The largest absolute Gasteiger partial charge is 0.354 e. The van der Waals surface area contributed by atoms with E-state index >= 15 is 0 Å². The van der Waals surface area contributed by atoms with Gasteiger partial charge in [-0.2, -0.15) is 0 Å². The highest BCUT2D eigenvalue weighted by molar-refractivity contribution is 6.11. The third-order valence-corrected chi connectivity index (χ3v) is 4.74. The summed E-state index contributed by atoms with van der Waals surface area (Å²) in [4.78, 5) is 19.4. The van der Waals surface area contributed by atoms with Crippen molar-refractivity contribution in [3.63, 3.8) is 0 Å². The van der Waals surface area contributed by atoms with Gasteiger partial charge in [-0.1, -0.05) is 36.4 Å². The first-order valence-electron chi connectivity index (χ1n) is 8.86. The van der Waals surface area contributed by atoms with Crippen LogP contribution in [-0.2, 0) is 9.47 Å². The predicted molar refractivity (Wildman–Crippen MR) is 107 cm³/mol. The third-order valence-electron chi connectivity index (χ3n) is 4.74. The molecule has 1 atom stereocenters. The zero-order valence-electron chi connectivity index (χ0n) is 16.0. The molecule has 2 aromatic carbocycles. The molecule has 0 aliphatic rings. The zero-order chi connectivity index (χ0) is 19.4. The summed E-state index contributed by atoms with van der Waals surface area (Å²) in [6.07, 6.45) is 2.67. The number of methoxy groups -OCH3 is 2. The van der Waals surface area contributed by atoms with Gasteiger partial charge in [-0.15, -0.1) is 0 Å². The fraction of sp³-hybridized carbons (Fsp3) is 0.273. The van der Waals surface area contributed by atoms with Crippen molar-refractivity contribution in [3.05, 3.63) is 72.1 Å². The molecule has 1 aromatic heterocycles. The Hall–Kier alpha value is -2.76. The number of ether oxygens (including phenoxy) is 2. The average Bonchev–Trinajstić information content (AvgIpc) is 2.71. The molecule has 0 saturated heterocycles. The lowest BCUT2D eigenvalue weighted by Gasteiger charge is -2.35. The highest BCUT2D eigenvalue weighted by atomic mass is 16.7. The lowest BCUT2D eigenvalue weighted by atomic mass is 10.0. The molecule has 0 aliphatic carbocycles. The van der Waals surface area contributed by atoms with E-state index in [0.29, 0.717) is 5.56 Å². The van der Waals surface area contributed by atoms with Crippen LogP contribution in [0.25, 0.3) is 10.8 Å². The molecule has 0 radical (unpaired) electrons. The minimum absolute atomic E-state index is 0.144. The molecule has 1 heterocycles. The zero-order valence-corrected chi connectivity index (χ0v) is 16.0. The second-order valence-corrected chi connectivity index (χ2v) is 6.45. The number of benzene rings is 2. The van der Waals surface area contributed by atoms with Crippen molar-refractivity contribution in [2.45, 2.75) is 26.2 Å². The maximum atomic E-state index is 13.5. The second kappa shape index (κ2) is 8.29. The van der Waals surface area contributed by atoms with Crippen molar-refractivity contribution >= 4 is 22.4 Å². The number of anilines is 1. The van der Waals surface area contributed by atoms with E-state index in [1.54, 1.807) is 43.6 Å². The van der Waals surface area contributed by atoms with Gasteiger partial charge in [0.2, 0.25) is 0 Å². The summed E-state index contributed by atoms with van der Waals surface area (Å²) >= 11 is 0. The van der Waals surface area contributed by atoms with E-state index in [-0.39, 0.29) is 11.9 Å². The summed E-state index contributed by atoms with van der Waals surface area (Å²) in [5.41, 5.74) is 2.37. The van der Waals surface area contributed by atoms with Crippen molar-refractivity contribution < 1.29 is 14.3 Å². The van der Waals surface area contributed by atoms with E-state index < -0.39 is 6.29 Å². The van der Waals surface area contributed by atoms with Crippen LogP contribution < -0.4 is 4.90 Å². The molecule has 0 spiro atoms. The molecule has 5 heteroatoms. The third kappa shape index (κ3) is 3.70.